The van der Waals surface area contributed by atoms with E-state index in [0.717, 1.165) is 23.8 Å². The molecule has 0 spiro atoms. The standard InChI is InChI=1S/C29H29ClF3N5O4S/c1-19-13-26(38(36-19)12-9-20-5-3-2-4-6-20)37-16-22(15-24(37)27(39)35-28(17-34)10-11-28)43(40,41)25-8-7-21(14-23(25)30)42-18-29(31,32)33/h2-8,13-14,22,24H,9-12,15-16,18H2,1H3,(H,35,39). The molecule has 1 aliphatic carbocycles. The summed E-state index contributed by atoms with van der Waals surface area (Å²) in [6.45, 7) is 0.659. The maximum atomic E-state index is 13.8. The van der Waals surface area contributed by atoms with Gasteiger partial charge in [0.05, 0.1) is 26.9 Å². The number of amides is 1. The van der Waals surface area contributed by atoms with Crippen LogP contribution in [-0.4, -0.2) is 60.3 Å². The van der Waals surface area contributed by atoms with Gasteiger partial charge in [-0.2, -0.15) is 23.5 Å². The number of nitriles is 1. The van der Waals surface area contributed by atoms with E-state index in [2.05, 4.69) is 16.5 Å². The molecule has 1 saturated carbocycles. The molecule has 0 bridgehead atoms. The van der Waals surface area contributed by atoms with Crippen molar-refractivity contribution in [2.45, 2.75) is 67.1 Å². The number of alkyl halides is 3. The van der Waals surface area contributed by atoms with Crippen LogP contribution in [0.2, 0.25) is 5.02 Å². The topological polar surface area (TPSA) is 117 Å². The molecule has 2 heterocycles. The third-order valence-corrected chi connectivity index (χ3v) is 10.2. The second kappa shape index (κ2) is 11.7. The Bertz CT molecular complexity index is 1650. The van der Waals surface area contributed by atoms with Crippen molar-refractivity contribution in [3.8, 4) is 11.8 Å². The lowest BCUT2D eigenvalue weighted by molar-refractivity contribution is -0.153. The van der Waals surface area contributed by atoms with Crippen molar-refractivity contribution in [3.63, 3.8) is 0 Å². The van der Waals surface area contributed by atoms with Gasteiger partial charge in [0, 0.05) is 25.2 Å². The van der Waals surface area contributed by atoms with Gasteiger partial charge >= 0.3 is 6.18 Å². The van der Waals surface area contributed by atoms with Gasteiger partial charge in [-0.05, 0) is 50.3 Å². The summed E-state index contributed by atoms with van der Waals surface area (Å²) in [5, 5.41) is 15.6. The minimum absolute atomic E-state index is 0.0703. The van der Waals surface area contributed by atoms with Crippen molar-refractivity contribution in [2.75, 3.05) is 18.1 Å². The van der Waals surface area contributed by atoms with Crippen LogP contribution in [0.25, 0.3) is 0 Å². The third-order valence-electron chi connectivity index (χ3n) is 7.57. The second-order valence-electron chi connectivity index (χ2n) is 10.9. The molecule has 14 heteroatoms. The summed E-state index contributed by atoms with van der Waals surface area (Å²) in [7, 11) is -4.16. The Balaban J connectivity index is 1.43. The van der Waals surface area contributed by atoms with Crippen molar-refractivity contribution in [2.24, 2.45) is 0 Å². The number of hydrogen-bond acceptors (Lipinski definition) is 7. The number of sulfone groups is 1. The molecule has 1 aromatic heterocycles. The number of carbonyl (C=O) groups excluding carboxylic acids is 1. The van der Waals surface area contributed by atoms with Crippen molar-refractivity contribution >= 4 is 33.2 Å². The summed E-state index contributed by atoms with van der Waals surface area (Å²) >= 11 is 6.25. The molecule has 2 unspecified atom stereocenters. The number of hydrogen-bond donors (Lipinski definition) is 1. The monoisotopic (exact) mass is 635 g/mol. The molecule has 1 N–H and O–H groups in total. The van der Waals surface area contributed by atoms with E-state index in [9.17, 15) is 31.6 Å². The average Bonchev–Trinajstić information content (AvgIpc) is 3.40. The Morgan fingerprint density at radius 1 is 1.21 bits per heavy atom. The van der Waals surface area contributed by atoms with Crippen LogP contribution in [0.3, 0.4) is 0 Å². The fraction of sp³-hybridized carbons (Fsp3) is 0.414. The normalized spacial score (nSPS) is 19.6. The van der Waals surface area contributed by atoms with Gasteiger partial charge in [-0.1, -0.05) is 41.9 Å². The number of nitrogens with zero attached hydrogens (tertiary/aromatic N) is 4. The van der Waals surface area contributed by atoms with Gasteiger partial charge in [-0.25, -0.2) is 13.1 Å². The smallest absolute Gasteiger partial charge is 0.422 e. The summed E-state index contributed by atoms with van der Waals surface area (Å²) in [5.41, 5.74) is 0.806. The van der Waals surface area contributed by atoms with Crippen LogP contribution in [0, 0.1) is 18.3 Å². The van der Waals surface area contributed by atoms with E-state index in [1.807, 2.05) is 30.3 Å². The van der Waals surface area contributed by atoms with Gasteiger partial charge in [0.2, 0.25) is 5.91 Å². The number of anilines is 1. The molecule has 5 rings (SSSR count). The Kier molecular flexibility index (Phi) is 8.37. The number of aromatic nitrogens is 2. The highest BCUT2D eigenvalue weighted by molar-refractivity contribution is 7.92. The van der Waals surface area contributed by atoms with Crippen LogP contribution in [-0.2, 0) is 27.6 Å². The van der Waals surface area contributed by atoms with Crippen molar-refractivity contribution < 1.29 is 31.1 Å². The maximum absolute atomic E-state index is 13.8. The van der Waals surface area contributed by atoms with Crippen LogP contribution >= 0.6 is 11.6 Å². The van der Waals surface area contributed by atoms with Crippen LogP contribution in [0.5, 0.6) is 5.75 Å². The first kappa shape index (κ1) is 30.7. The van der Waals surface area contributed by atoms with E-state index in [4.69, 9.17) is 16.3 Å². The molecular weight excluding hydrogens is 607 g/mol. The zero-order valence-corrected chi connectivity index (χ0v) is 24.7. The first-order valence-corrected chi connectivity index (χ1v) is 15.5. The third kappa shape index (κ3) is 6.91. The first-order valence-electron chi connectivity index (χ1n) is 13.6. The molecule has 43 heavy (non-hydrogen) atoms. The van der Waals surface area contributed by atoms with E-state index in [0.29, 0.717) is 37.3 Å². The number of carbonyl (C=O) groups is 1. The van der Waals surface area contributed by atoms with E-state index in [1.165, 1.54) is 0 Å². The predicted octanol–water partition coefficient (Wildman–Crippen LogP) is 4.62. The largest absolute Gasteiger partial charge is 0.484 e. The Morgan fingerprint density at radius 3 is 2.56 bits per heavy atom. The van der Waals surface area contributed by atoms with Crippen molar-refractivity contribution in [3.05, 3.63) is 70.9 Å². The van der Waals surface area contributed by atoms with Crippen molar-refractivity contribution in [1.29, 1.82) is 5.26 Å². The van der Waals surface area contributed by atoms with Gasteiger partial charge in [-0.15, -0.1) is 0 Å². The average molecular weight is 636 g/mol. The highest BCUT2D eigenvalue weighted by Crippen LogP contribution is 2.38. The molecule has 1 saturated heterocycles. The number of halogens is 4. The van der Waals surface area contributed by atoms with Gasteiger partial charge in [-0.3, -0.25) is 4.79 Å². The highest BCUT2D eigenvalue weighted by Gasteiger charge is 2.50. The molecule has 9 nitrogen and oxygen atoms in total. The van der Waals surface area contributed by atoms with E-state index < -0.39 is 45.4 Å². The number of benzene rings is 2. The predicted molar refractivity (Wildman–Crippen MR) is 153 cm³/mol. The van der Waals surface area contributed by atoms with E-state index in [1.54, 1.807) is 22.6 Å². The lowest BCUT2D eigenvalue weighted by Gasteiger charge is -2.27. The van der Waals surface area contributed by atoms with Crippen LogP contribution in [0.1, 0.15) is 30.5 Å². The van der Waals surface area contributed by atoms with Crippen molar-refractivity contribution in [1.82, 2.24) is 15.1 Å². The summed E-state index contributed by atoms with van der Waals surface area (Å²) in [5.74, 6) is -0.127. The van der Waals surface area contributed by atoms with Gasteiger partial charge in [0.15, 0.2) is 16.4 Å². The summed E-state index contributed by atoms with van der Waals surface area (Å²) in [6.07, 6.45) is -3.00. The molecule has 2 atom stereocenters. The number of rotatable bonds is 10. The van der Waals surface area contributed by atoms with Crippen LogP contribution < -0.4 is 15.0 Å². The van der Waals surface area contributed by atoms with E-state index in [-0.39, 0.29) is 28.6 Å². The molecular formula is C29H29ClF3N5O4S. The summed E-state index contributed by atoms with van der Waals surface area (Å²) in [6, 6.07) is 16.0. The molecule has 0 radical (unpaired) electrons. The van der Waals surface area contributed by atoms with Gasteiger partial charge in [0.25, 0.3) is 0 Å². The van der Waals surface area contributed by atoms with Crippen LogP contribution in [0.4, 0.5) is 19.0 Å². The summed E-state index contributed by atoms with van der Waals surface area (Å²) < 4.78 is 71.9. The van der Waals surface area contributed by atoms with Gasteiger partial charge < -0.3 is 15.0 Å². The zero-order valence-electron chi connectivity index (χ0n) is 23.1. The quantitative estimate of drug-likeness (QED) is 0.345. The second-order valence-corrected chi connectivity index (χ2v) is 13.5. The maximum Gasteiger partial charge on any atom is 0.422 e. The number of aryl methyl sites for hydroxylation is 3. The van der Waals surface area contributed by atoms with Crippen LogP contribution in [0.15, 0.2) is 59.5 Å². The molecule has 2 aromatic carbocycles. The Hall–Kier alpha value is -3.76. The molecule has 2 aliphatic rings. The minimum Gasteiger partial charge on any atom is -0.484 e. The molecule has 228 valence electrons. The zero-order chi connectivity index (χ0) is 31.0. The minimum atomic E-state index is -4.57. The number of ether oxygens (including phenoxy) is 1. The molecule has 2 fully saturated rings. The lowest BCUT2D eigenvalue weighted by atomic mass is 10.1. The fourth-order valence-electron chi connectivity index (χ4n) is 5.19. The SMILES string of the molecule is Cc1cc(N2CC(S(=O)(=O)c3ccc(OCC(F)(F)F)cc3Cl)CC2C(=O)NC2(C#N)CC2)n(CCc2ccccc2)n1. The Morgan fingerprint density at radius 2 is 1.93 bits per heavy atom. The molecule has 1 aliphatic heterocycles. The fourth-order valence-corrected chi connectivity index (χ4v) is 7.42. The lowest BCUT2D eigenvalue weighted by Crippen LogP contribution is -2.48. The summed E-state index contributed by atoms with van der Waals surface area (Å²) in [4.78, 5) is 15.0. The molecule has 3 aromatic rings. The van der Waals surface area contributed by atoms with E-state index >= 15 is 0 Å². The Labute approximate surface area is 252 Å². The van der Waals surface area contributed by atoms with Gasteiger partial charge in [0.1, 0.15) is 23.1 Å². The number of nitrogens with one attached hydrogen (secondary N) is 1. The highest BCUT2D eigenvalue weighted by atomic mass is 35.5. The molecule has 1 amide bonds. The first-order chi connectivity index (χ1) is 20.3.